The first-order valence-electron chi connectivity index (χ1n) is 9.39. The standard InChI is InChI=1S/C21H25N3O3S/c1-23(2)28(25,26)17-7-9-21(24-10-4-5-11-24)18(14-17)20-13-15-12-16(27-3)6-8-19(15)22-20/h6-9,12-14,22H,4-5,10-11H2,1-3H3. The summed E-state index contributed by atoms with van der Waals surface area (Å²) in [4.78, 5) is 6.07. The summed E-state index contributed by atoms with van der Waals surface area (Å²) >= 11 is 0. The highest BCUT2D eigenvalue weighted by Gasteiger charge is 2.23. The zero-order chi connectivity index (χ0) is 19.9. The first kappa shape index (κ1) is 18.8. The summed E-state index contributed by atoms with van der Waals surface area (Å²) in [5.74, 6) is 0.793. The van der Waals surface area contributed by atoms with Crippen molar-refractivity contribution < 1.29 is 13.2 Å². The van der Waals surface area contributed by atoms with Gasteiger partial charge in [-0.2, -0.15) is 0 Å². The molecule has 1 aliphatic rings. The molecule has 6 nitrogen and oxygen atoms in total. The number of anilines is 1. The van der Waals surface area contributed by atoms with Crippen LogP contribution < -0.4 is 9.64 Å². The molecule has 1 N–H and O–H groups in total. The van der Waals surface area contributed by atoms with Crippen LogP contribution in [0, 0.1) is 0 Å². The maximum absolute atomic E-state index is 12.7. The smallest absolute Gasteiger partial charge is 0.242 e. The van der Waals surface area contributed by atoms with Crippen LogP contribution in [0.3, 0.4) is 0 Å². The molecule has 3 aromatic rings. The maximum Gasteiger partial charge on any atom is 0.242 e. The zero-order valence-electron chi connectivity index (χ0n) is 16.4. The van der Waals surface area contributed by atoms with E-state index < -0.39 is 10.0 Å². The van der Waals surface area contributed by atoms with Crippen LogP contribution in [0.5, 0.6) is 5.75 Å². The third kappa shape index (κ3) is 3.25. The number of sulfonamides is 1. The lowest BCUT2D eigenvalue weighted by atomic mass is 10.1. The van der Waals surface area contributed by atoms with Crippen LogP contribution in [-0.4, -0.2) is 52.0 Å². The Balaban J connectivity index is 1.89. The summed E-state index contributed by atoms with van der Waals surface area (Å²) < 4.78 is 32.0. The Morgan fingerprint density at radius 2 is 1.79 bits per heavy atom. The highest BCUT2D eigenvalue weighted by atomic mass is 32.2. The van der Waals surface area contributed by atoms with E-state index in [-0.39, 0.29) is 0 Å². The summed E-state index contributed by atoms with van der Waals surface area (Å²) in [6.07, 6.45) is 2.31. The number of ether oxygens (including phenoxy) is 1. The normalized spacial score (nSPS) is 14.9. The number of hydrogen-bond acceptors (Lipinski definition) is 4. The molecule has 0 aliphatic carbocycles. The van der Waals surface area contributed by atoms with Gasteiger partial charge in [0.2, 0.25) is 10.0 Å². The van der Waals surface area contributed by atoms with Crippen LogP contribution in [0.4, 0.5) is 5.69 Å². The number of H-pyrrole nitrogens is 1. The summed E-state index contributed by atoms with van der Waals surface area (Å²) in [6, 6.07) is 13.3. The number of methoxy groups -OCH3 is 1. The minimum absolute atomic E-state index is 0.298. The number of hydrogen-bond donors (Lipinski definition) is 1. The first-order valence-corrected chi connectivity index (χ1v) is 10.8. The molecule has 7 heteroatoms. The topological polar surface area (TPSA) is 65.6 Å². The second-order valence-electron chi connectivity index (χ2n) is 7.30. The van der Waals surface area contributed by atoms with E-state index in [0.29, 0.717) is 4.90 Å². The fourth-order valence-electron chi connectivity index (χ4n) is 3.72. The van der Waals surface area contributed by atoms with E-state index in [1.807, 2.05) is 24.3 Å². The third-order valence-electron chi connectivity index (χ3n) is 5.31. The van der Waals surface area contributed by atoms with Gasteiger partial charge in [-0.25, -0.2) is 12.7 Å². The summed E-state index contributed by atoms with van der Waals surface area (Å²) in [6.45, 7) is 1.97. The van der Waals surface area contributed by atoms with E-state index >= 15 is 0 Å². The zero-order valence-corrected chi connectivity index (χ0v) is 17.2. The lowest BCUT2D eigenvalue weighted by molar-refractivity contribution is 0.415. The van der Waals surface area contributed by atoms with Crippen molar-refractivity contribution in [3.05, 3.63) is 42.5 Å². The van der Waals surface area contributed by atoms with Crippen molar-refractivity contribution in [3.8, 4) is 17.0 Å². The van der Waals surface area contributed by atoms with Gasteiger partial charge in [0.25, 0.3) is 0 Å². The van der Waals surface area contributed by atoms with E-state index in [9.17, 15) is 8.42 Å². The molecule has 1 saturated heterocycles. The molecular formula is C21H25N3O3S. The Morgan fingerprint density at radius 1 is 1.04 bits per heavy atom. The highest BCUT2D eigenvalue weighted by Crippen LogP contribution is 2.36. The SMILES string of the molecule is COc1ccc2[nH]c(-c3cc(S(=O)(=O)N(C)C)ccc3N3CCCC3)cc2c1. The number of fused-ring (bicyclic) bond motifs is 1. The molecular weight excluding hydrogens is 374 g/mol. The predicted molar refractivity (Wildman–Crippen MR) is 113 cm³/mol. The van der Waals surface area contributed by atoms with E-state index in [2.05, 4.69) is 16.0 Å². The van der Waals surface area contributed by atoms with Gasteiger partial charge in [0, 0.05) is 55.0 Å². The lowest BCUT2D eigenvalue weighted by Crippen LogP contribution is -2.23. The Labute approximate surface area is 165 Å². The van der Waals surface area contributed by atoms with Crippen LogP contribution in [0.1, 0.15) is 12.8 Å². The maximum atomic E-state index is 12.7. The van der Waals surface area contributed by atoms with Crippen molar-refractivity contribution in [2.75, 3.05) is 39.2 Å². The first-order chi connectivity index (χ1) is 13.4. The molecule has 148 valence electrons. The van der Waals surface area contributed by atoms with Crippen molar-refractivity contribution in [2.45, 2.75) is 17.7 Å². The van der Waals surface area contributed by atoms with Gasteiger partial charge in [0.05, 0.1) is 12.0 Å². The van der Waals surface area contributed by atoms with E-state index in [1.165, 1.54) is 4.31 Å². The van der Waals surface area contributed by atoms with Gasteiger partial charge >= 0.3 is 0 Å². The molecule has 0 saturated carbocycles. The second kappa shape index (κ2) is 7.14. The average molecular weight is 400 g/mol. The molecule has 0 radical (unpaired) electrons. The van der Waals surface area contributed by atoms with Crippen LogP contribution >= 0.6 is 0 Å². The Morgan fingerprint density at radius 3 is 2.46 bits per heavy atom. The number of nitrogens with one attached hydrogen (secondary N) is 1. The quantitative estimate of drug-likeness (QED) is 0.711. The van der Waals surface area contributed by atoms with Gasteiger partial charge in [0.15, 0.2) is 0 Å². The molecule has 2 aromatic carbocycles. The number of rotatable bonds is 5. The molecule has 1 fully saturated rings. The minimum Gasteiger partial charge on any atom is -0.497 e. The molecule has 1 aromatic heterocycles. The molecule has 0 spiro atoms. The molecule has 4 rings (SSSR count). The Bertz CT molecular complexity index is 1110. The number of benzene rings is 2. The van der Waals surface area contributed by atoms with Gasteiger partial charge < -0.3 is 14.6 Å². The van der Waals surface area contributed by atoms with Crippen LogP contribution in [0.2, 0.25) is 0 Å². The highest BCUT2D eigenvalue weighted by molar-refractivity contribution is 7.89. The lowest BCUT2D eigenvalue weighted by Gasteiger charge is -2.22. The molecule has 2 heterocycles. The fraction of sp³-hybridized carbons (Fsp3) is 0.333. The van der Waals surface area contributed by atoms with Crippen LogP contribution in [0.25, 0.3) is 22.2 Å². The molecule has 28 heavy (non-hydrogen) atoms. The molecule has 0 unspecified atom stereocenters. The van der Waals surface area contributed by atoms with Gasteiger partial charge in [0.1, 0.15) is 5.75 Å². The molecule has 1 aliphatic heterocycles. The van der Waals surface area contributed by atoms with Crippen molar-refractivity contribution in [1.82, 2.24) is 9.29 Å². The van der Waals surface area contributed by atoms with Crippen molar-refractivity contribution in [2.24, 2.45) is 0 Å². The van der Waals surface area contributed by atoms with Gasteiger partial charge in [-0.1, -0.05) is 0 Å². The Hall–Kier alpha value is -2.51. The van der Waals surface area contributed by atoms with Crippen molar-refractivity contribution >= 4 is 26.6 Å². The predicted octanol–water partition coefficient (Wildman–Crippen LogP) is 3.69. The number of nitrogens with zero attached hydrogens (tertiary/aromatic N) is 2. The minimum atomic E-state index is -3.51. The van der Waals surface area contributed by atoms with Gasteiger partial charge in [-0.05, 0) is 55.3 Å². The van der Waals surface area contributed by atoms with Gasteiger partial charge in [-0.15, -0.1) is 0 Å². The van der Waals surface area contributed by atoms with E-state index in [0.717, 1.165) is 59.5 Å². The fourth-order valence-corrected chi connectivity index (χ4v) is 4.65. The van der Waals surface area contributed by atoms with Crippen LogP contribution in [0.15, 0.2) is 47.4 Å². The summed E-state index contributed by atoms with van der Waals surface area (Å²) in [5.41, 5.74) is 3.86. The van der Waals surface area contributed by atoms with E-state index in [1.54, 1.807) is 33.3 Å². The molecule has 0 amide bonds. The third-order valence-corrected chi connectivity index (χ3v) is 7.12. The average Bonchev–Trinajstić information content (AvgIpc) is 3.36. The molecule has 0 bridgehead atoms. The number of aromatic nitrogens is 1. The van der Waals surface area contributed by atoms with Gasteiger partial charge in [-0.3, -0.25) is 0 Å². The molecule has 0 atom stereocenters. The Kier molecular flexibility index (Phi) is 4.81. The largest absolute Gasteiger partial charge is 0.497 e. The summed E-state index contributed by atoms with van der Waals surface area (Å²) in [5, 5.41) is 1.03. The van der Waals surface area contributed by atoms with E-state index in [4.69, 9.17) is 4.74 Å². The monoisotopic (exact) mass is 399 g/mol. The number of aromatic amines is 1. The van der Waals surface area contributed by atoms with Crippen molar-refractivity contribution in [1.29, 1.82) is 0 Å². The van der Waals surface area contributed by atoms with Crippen molar-refractivity contribution in [3.63, 3.8) is 0 Å². The summed E-state index contributed by atoms with van der Waals surface area (Å²) in [7, 11) is 1.25. The van der Waals surface area contributed by atoms with Crippen LogP contribution in [-0.2, 0) is 10.0 Å². The second-order valence-corrected chi connectivity index (χ2v) is 9.45.